The standard InChI is InChI=1S/C19H11N3O2/c20-10-14-15(17(23)12-6-2-1-3-7-12)11-22-16-9-5-4-8-13(16)19(24)21-18(14)22/h1-9,11H,(H,21,24). The minimum Gasteiger partial charge on any atom is -0.306 e. The normalized spacial score (nSPS) is 10.8. The molecule has 0 aliphatic rings. The van der Waals surface area contributed by atoms with Gasteiger partial charge in [-0.1, -0.05) is 42.5 Å². The van der Waals surface area contributed by atoms with Crippen molar-refractivity contribution in [3.05, 3.63) is 87.8 Å². The summed E-state index contributed by atoms with van der Waals surface area (Å²) in [5, 5.41) is 10.0. The molecule has 4 aromatic rings. The minimum atomic E-state index is -0.286. The van der Waals surface area contributed by atoms with Gasteiger partial charge in [-0.25, -0.2) is 0 Å². The van der Waals surface area contributed by atoms with Gasteiger partial charge in [0.25, 0.3) is 5.56 Å². The monoisotopic (exact) mass is 313 g/mol. The predicted molar refractivity (Wildman–Crippen MR) is 90.1 cm³/mol. The molecule has 0 radical (unpaired) electrons. The largest absolute Gasteiger partial charge is 0.306 e. The maximum atomic E-state index is 12.8. The van der Waals surface area contributed by atoms with Crippen molar-refractivity contribution in [2.24, 2.45) is 0 Å². The van der Waals surface area contributed by atoms with Gasteiger partial charge in [0.05, 0.1) is 16.5 Å². The third-order valence-corrected chi connectivity index (χ3v) is 4.04. The molecule has 0 aliphatic heterocycles. The van der Waals surface area contributed by atoms with E-state index in [0.29, 0.717) is 22.1 Å². The van der Waals surface area contributed by atoms with Gasteiger partial charge in [0.2, 0.25) is 0 Å². The van der Waals surface area contributed by atoms with Crippen LogP contribution in [0.3, 0.4) is 0 Å². The number of rotatable bonds is 2. The summed E-state index contributed by atoms with van der Waals surface area (Å²) in [4.78, 5) is 27.7. The molecule has 0 unspecified atom stereocenters. The molecule has 0 fully saturated rings. The Labute approximate surface area is 136 Å². The lowest BCUT2D eigenvalue weighted by atomic mass is 10.0. The van der Waals surface area contributed by atoms with Crippen LogP contribution in [0.2, 0.25) is 0 Å². The molecular weight excluding hydrogens is 302 g/mol. The summed E-state index contributed by atoms with van der Waals surface area (Å²) < 4.78 is 1.69. The van der Waals surface area contributed by atoms with Crippen LogP contribution in [-0.4, -0.2) is 15.2 Å². The zero-order valence-electron chi connectivity index (χ0n) is 12.5. The number of hydrogen-bond acceptors (Lipinski definition) is 3. The first kappa shape index (κ1) is 14.0. The lowest BCUT2D eigenvalue weighted by Gasteiger charge is -2.01. The number of fused-ring (bicyclic) bond motifs is 3. The van der Waals surface area contributed by atoms with Crippen molar-refractivity contribution in [3.8, 4) is 6.07 Å². The Morgan fingerprint density at radius 3 is 2.50 bits per heavy atom. The summed E-state index contributed by atoms with van der Waals surface area (Å²) in [5.74, 6) is -0.249. The molecule has 0 atom stereocenters. The Hall–Kier alpha value is -3.65. The molecule has 24 heavy (non-hydrogen) atoms. The highest BCUT2D eigenvalue weighted by molar-refractivity contribution is 6.11. The molecule has 0 spiro atoms. The number of nitrogens with one attached hydrogen (secondary N) is 1. The first-order valence-corrected chi connectivity index (χ1v) is 7.36. The van der Waals surface area contributed by atoms with E-state index in [-0.39, 0.29) is 22.5 Å². The molecule has 5 nitrogen and oxygen atoms in total. The molecule has 2 aromatic carbocycles. The molecule has 0 amide bonds. The average Bonchev–Trinajstić information content (AvgIpc) is 3.00. The number of H-pyrrole nitrogens is 1. The number of aromatic nitrogens is 2. The van der Waals surface area contributed by atoms with Gasteiger partial charge in [-0.2, -0.15) is 5.26 Å². The van der Waals surface area contributed by atoms with Gasteiger partial charge in [0.15, 0.2) is 5.78 Å². The number of nitrogens with zero attached hydrogens (tertiary/aromatic N) is 2. The third kappa shape index (κ3) is 1.94. The van der Waals surface area contributed by atoms with Gasteiger partial charge in [0.1, 0.15) is 17.3 Å². The smallest absolute Gasteiger partial charge is 0.258 e. The molecule has 0 saturated heterocycles. The van der Waals surface area contributed by atoms with Gasteiger partial charge in [-0.15, -0.1) is 0 Å². The molecule has 1 N–H and O–H groups in total. The van der Waals surface area contributed by atoms with E-state index < -0.39 is 0 Å². The SMILES string of the molecule is N#Cc1c(C(=O)c2ccccc2)cn2c1[nH]c(=O)c1ccccc12. The van der Waals surface area contributed by atoms with Crippen LogP contribution in [0.25, 0.3) is 16.6 Å². The van der Waals surface area contributed by atoms with E-state index in [2.05, 4.69) is 4.98 Å². The molecule has 0 saturated carbocycles. The highest BCUT2D eigenvalue weighted by atomic mass is 16.1. The van der Waals surface area contributed by atoms with E-state index >= 15 is 0 Å². The van der Waals surface area contributed by atoms with Gasteiger partial charge in [-0.05, 0) is 12.1 Å². The Bertz CT molecular complexity index is 1190. The first-order valence-electron chi connectivity index (χ1n) is 7.36. The van der Waals surface area contributed by atoms with Crippen molar-refractivity contribution in [2.75, 3.05) is 0 Å². The first-order chi connectivity index (χ1) is 11.7. The minimum absolute atomic E-state index is 0.173. The molecule has 114 valence electrons. The second kappa shape index (κ2) is 5.21. The van der Waals surface area contributed by atoms with Crippen molar-refractivity contribution < 1.29 is 4.79 Å². The molecule has 0 bridgehead atoms. The summed E-state index contributed by atoms with van der Waals surface area (Å²) in [6.07, 6.45) is 1.61. The Morgan fingerprint density at radius 1 is 1.04 bits per heavy atom. The number of para-hydroxylation sites is 1. The average molecular weight is 313 g/mol. The van der Waals surface area contributed by atoms with E-state index in [1.165, 1.54) is 0 Å². The lowest BCUT2D eigenvalue weighted by Crippen LogP contribution is -2.09. The zero-order valence-corrected chi connectivity index (χ0v) is 12.5. The molecular formula is C19H11N3O2. The van der Waals surface area contributed by atoms with Crippen LogP contribution >= 0.6 is 0 Å². The number of ketones is 1. The summed E-state index contributed by atoms with van der Waals surface area (Å²) in [6.45, 7) is 0. The van der Waals surface area contributed by atoms with Gasteiger partial charge >= 0.3 is 0 Å². The van der Waals surface area contributed by atoms with Crippen molar-refractivity contribution >= 4 is 22.3 Å². The summed E-state index contributed by atoms with van der Waals surface area (Å²) in [6, 6.07) is 17.9. The van der Waals surface area contributed by atoms with E-state index in [9.17, 15) is 14.9 Å². The number of nitriles is 1. The predicted octanol–water partition coefficient (Wildman–Crippen LogP) is 2.88. The second-order valence-corrected chi connectivity index (χ2v) is 5.41. The summed E-state index contributed by atoms with van der Waals surface area (Å²) in [7, 11) is 0. The Balaban J connectivity index is 2.08. The number of carbonyl (C=O) groups excluding carboxylic acids is 1. The zero-order chi connectivity index (χ0) is 16.7. The van der Waals surface area contributed by atoms with Gasteiger partial charge < -0.3 is 9.38 Å². The lowest BCUT2D eigenvalue weighted by molar-refractivity contribution is 0.103. The molecule has 2 aromatic heterocycles. The quantitative estimate of drug-likeness (QED) is 0.578. The van der Waals surface area contributed by atoms with E-state index in [1.807, 2.05) is 18.2 Å². The van der Waals surface area contributed by atoms with E-state index in [0.717, 1.165) is 0 Å². The summed E-state index contributed by atoms with van der Waals surface area (Å²) >= 11 is 0. The maximum Gasteiger partial charge on any atom is 0.258 e. The van der Waals surface area contributed by atoms with E-state index in [4.69, 9.17) is 0 Å². The van der Waals surface area contributed by atoms with Crippen molar-refractivity contribution in [1.29, 1.82) is 5.26 Å². The third-order valence-electron chi connectivity index (χ3n) is 4.04. The van der Waals surface area contributed by atoms with Crippen molar-refractivity contribution in [1.82, 2.24) is 9.38 Å². The number of benzene rings is 2. The van der Waals surface area contributed by atoms with Crippen LogP contribution in [-0.2, 0) is 0 Å². The van der Waals surface area contributed by atoms with Crippen LogP contribution in [0.5, 0.6) is 0 Å². The molecule has 0 aliphatic carbocycles. The van der Waals surface area contributed by atoms with Crippen molar-refractivity contribution in [3.63, 3.8) is 0 Å². The van der Waals surface area contributed by atoms with Crippen LogP contribution in [0.1, 0.15) is 21.5 Å². The number of carbonyl (C=O) groups is 1. The van der Waals surface area contributed by atoms with Crippen molar-refractivity contribution in [2.45, 2.75) is 0 Å². The second-order valence-electron chi connectivity index (χ2n) is 5.41. The fourth-order valence-electron chi connectivity index (χ4n) is 2.90. The topological polar surface area (TPSA) is 78.1 Å². The van der Waals surface area contributed by atoms with Gasteiger partial charge in [0, 0.05) is 11.8 Å². The van der Waals surface area contributed by atoms with Crippen LogP contribution < -0.4 is 5.56 Å². The fraction of sp³-hybridized carbons (Fsp3) is 0. The Kier molecular flexibility index (Phi) is 3.04. The molecule has 5 heteroatoms. The fourth-order valence-corrected chi connectivity index (χ4v) is 2.90. The maximum absolute atomic E-state index is 12.8. The number of aromatic amines is 1. The summed E-state index contributed by atoms with van der Waals surface area (Å²) in [5.41, 5.74) is 1.64. The van der Waals surface area contributed by atoms with Crippen LogP contribution in [0.4, 0.5) is 0 Å². The molecule has 2 heterocycles. The molecule has 4 rings (SSSR count). The van der Waals surface area contributed by atoms with Crippen LogP contribution in [0.15, 0.2) is 65.6 Å². The Morgan fingerprint density at radius 2 is 1.75 bits per heavy atom. The number of hydrogen-bond donors (Lipinski definition) is 1. The van der Waals surface area contributed by atoms with Gasteiger partial charge in [-0.3, -0.25) is 9.59 Å². The van der Waals surface area contributed by atoms with Crippen LogP contribution in [0, 0.1) is 11.3 Å². The highest BCUT2D eigenvalue weighted by Gasteiger charge is 2.20. The highest BCUT2D eigenvalue weighted by Crippen LogP contribution is 2.22. The van der Waals surface area contributed by atoms with E-state index in [1.54, 1.807) is 53.1 Å².